The Bertz CT molecular complexity index is 530. The Morgan fingerprint density at radius 2 is 1.47 bits per heavy atom. The molecule has 0 unspecified atom stereocenters. The molecule has 0 aromatic heterocycles. The summed E-state index contributed by atoms with van der Waals surface area (Å²) in [5.41, 5.74) is 1.92. The molecule has 1 N–H and O–H groups in total. The number of terminal acetylenes is 1. The number of nitrogens with one attached hydrogen (secondary N) is 1. The molecule has 2 heteroatoms. The summed E-state index contributed by atoms with van der Waals surface area (Å²) in [6, 6.07) is 19.4. The Labute approximate surface area is 113 Å². The van der Waals surface area contributed by atoms with Crippen LogP contribution >= 0.6 is 0 Å². The molecule has 0 aliphatic rings. The minimum absolute atomic E-state index is 0.0737. The van der Waals surface area contributed by atoms with Crippen molar-refractivity contribution in [2.75, 3.05) is 6.54 Å². The second kappa shape index (κ2) is 6.42. The molecule has 0 atom stereocenters. The summed E-state index contributed by atoms with van der Waals surface area (Å²) in [6.45, 7) is 0.245. The average Bonchev–Trinajstić information content (AvgIpc) is 2.47. The number of hydrogen-bond donors (Lipinski definition) is 1. The van der Waals surface area contributed by atoms with E-state index in [0.29, 0.717) is 0 Å². The molecule has 0 heterocycles. The molecule has 0 spiro atoms. The summed E-state index contributed by atoms with van der Waals surface area (Å²) in [7, 11) is 0. The third kappa shape index (κ3) is 3.23. The molecule has 19 heavy (non-hydrogen) atoms. The van der Waals surface area contributed by atoms with Crippen LogP contribution in [0.15, 0.2) is 60.7 Å². The van der Waals surface area contributed by atoms with Gasteiger partial charge in [0, 0.05) is 0 Å². The van der Waals surface area contributed by atoms with Gasteiger partial charge in [0.25, 0.3) is 0 Å². The second-order valence-corrected chi connectivity index (χ2v) is 4.18. The zero-order chi connectivity index (χ0) is 13.5. The van der Waals surface area contributed by atoms with E-state index in [9.17, 15) is 4.79 Å². The van der Waals surface area contributed by atoms with Gasteiger partial charge in [0.2, 0.25) is 5.91 Å². The zero-order valence-corrected chi connectivity index (χ0v) is 10.5. The number of benzene rings is 2. The van der Waals surface area contributed by atoms with Gasteiger partial charge in [-0.25, -0.2) is 0 Å². The number of carbonyl (C=O) groups excluding carboxylic acids is 1. The van der Waals surface area contributed by atoms with Crippen LogP contribution in [0.4, 0.5) is 0 Å². The average molecular weight is 249 g/mol. The molecule has 0 saturated carbocycles. The Morgan fingerprint density at radius 3 is 1.89 bits per heavy atom. The Kier molecular flexibility index (Phi) is 4.36. The third-order valence-electron chi connectivity index (χ3n) is 2.89. The highest BCUT2D eigenvalue weighted by atomic mass is 16.1. The smallest absolute Gasteiger partial charge is 0.232 e. The lowest BCUT2D eigenvalue weighted by Crippen LogP contribution is -2.30. The van der Waals surface area contributed by atoms with Crippen molar-refractivity contribution in [1.82, 2.24) is 5.32 Å². The fourth-order valence-electron chi connectivity index (χ4n) is 2.03. The maximum atomic E-state index is 12.3. The zero-order valence-electron chi connectivity index (χ0n) is 10.5. The maximum absolute atomic E-state index is 12.3. The third-order valence-corrected chi connectivity index (χ3v) is 2.89. The quantitative estimate of drug-likeness (QED) is 0.829. The van der Waals surface area contributed by atoms with Crippen LogP contribution in [0.25, 0.3) is 0 Å². The molecule has 94 valence electrons. The highest BCUT2D eigenvalue weighted by molar-refractivity contribution is 5.87. The topological polar surface area (TPSA) is 29.1 Å². The molecule has 0 saturated heterocycles. The van der Waals surface area contributed by atoms with Crippen LogP contribution in [0.3, 0.4) is 0 Å². The summed E-state index contributed by atoms with van der Waals surface area (Å²) in [6.07, 6.45) is 5.19. The SMILES string of the molecule is C#CCNC(=O)C(c1ccccc1)c1ccccc1. The number of carbonyl (C=O) groups is 1. The van der Waals surface area contributed by atoms with Crippen molar-refractivity contribution in [3.63, 3.8) is 0 Å². The predicted octanol–water partition coefficient (Wildman–Crippen LogP) is 2.57. The van der Waals surface area contributed by atoms with Crippen LogP contribution in [-0.2, 0) is 4.79 Å². The lowest BCUT2D eigenvalue weighted by molar-refractivity contribution is -0.121. The first kappa shape index (κ1) is 12.9. The minimum Gasteiger partial charge on any atom is -0.344 e. The predicted molar refractivity (Wildman–Crippen MR) is 76.6 cm³/mol. The molecule has 0 aliphatic heterocycles. The molecule has 0 bridgehead atoms. The van der Waals surface area contributed by atoms with Crippen LogP contribution in [0.2, 0.25) is 0 Å². The van der Waals surface area contributed by atoms with Gasteiger partial charge in [0.05, 0.1) is 12.5 Å². The summed E-state index contributed by atoms with van der Waals surface area (Å²) in [5.74, 6) is 2.03. The fourth-order valence-corrected chi connectivity index (χ4v) is 2.03. The first-order chi connectivity index (χ1) is 9.33. The van der Waals surface area contributed by atoms with Crippen molar-refractivity contribution in [2.24, 2.45) is 0 Å². The van der Waals surface area contributed by atoms with Crippen LogP contribution < -0.4 is 5.32 Å². The van der Waals surface area contributed by atoms with Gasteiger partial charge in [0.1, 0.15) is 0 Å². The summed E-state index contributed by atoms with van der Waals surface area (Å²) >= 11 is 0. The molecule has 1 amide bonds. The van der Waals surface area contributed by atoms with E-state index in [2.05, 4.69) is 11.2 Å². The van der Waals surface area contributed by atoms with Gasteiger partial charge in [-0.1, -0.05) is 66.6 Å². The number of rotatable bonds is 4. The largest absolute Gasteiger partial charge is 0.344 e. The highest BCUT2D eigenvalue weighted by Crippen LogP contribution is 2.24. The molecule has 0 radical (unpaired) electrons. The fraction of sp³-hybridized carbons (Fsp3) is 0.118. The van der Waals surface area contributed by atoms with E-state index in [1.165, 1.54) is 0 Å². The number of hydrogen-bond acceptors (Lipinski definition) is 1. The molecule has 2 nitrogen and oxygen atoms in total. The molecular weight excluding hydrogens is 234 g/mol. The van der Waals surface area contributed by atoms with Gasteiger partial charge in [0.15, 0.2) is 0 Å². The van der Waals surface area contributed by atoms with Crippen molar-refractivity contribution < 1.29 is 4.79 Å². The molecular formula is C17H15NO. The van der Waals surface area contributed by atoms with E-state index in [0.717, 1.165) is 11.1 Å². The van der Waals surface area contributed by atoms with Gasteiger partial charge in [-0.2, -0.15) is 0 Å². The van der Waals surface area contributed by atoms with Gasteiger partial charge in [-0.05, 0) is 11.1 Å². The van der Waals surface area contributed by atoms with E-state index >= 15 is 0 Å². The molecule has 2 rings (SSSR count). The van der Waals surface area contributed by atoms with Crippen LogP contribution in [0, 0.1) is 12.3 Å². The van der Waals surface area contributed by atoms with Gasteiger partial charge < -0.3 is 5.32 Å². The Balaban J connectivity index is 2.35. The van der Waals surface area contributed by atoms with E-state index in [-0.39, 0.29) is 18.4 Å². The standard InChI is InChI=1S/C17H15NO/c1-2-13-18-17(19)16(14-9-5-3-6-10-14)15-11-7-4-8-12-15/h1,3-12,16H,13H2,(H,18,19). The minimum atomic E-state index is -0.323. The van der Waals surface area contributed by atoms with Gasteiger partial charge in [-0.15, -0.1) is 6.42 Å². The molecule has 2 aromatic carbocycles. The first-order valence-corrected chi connectivity index (χ1v) is 6.14. The van der Waals surface area contributed by atoms with Crippen LogP contribution in [0.5, 0.6) is 0 Å². The van der Waals surface area contributed by atoms with E-state index in [1.807, 2.05) is 60.7 Å². The normalized spacial score (nSPS) is 9.89. The summed E-state index contributed by atoms with van der Waals surface area (Å²) in [4.78, 5) is 12.3. The van der Waals surface area contributed by atoms with E-state index in [4.69, 9.17) is 6.42 Å². The number of amides is 1. The molecule has 0 aliphatic carbocycles. The first-order valence-electron chi connectivity index (χ1n) is 6.14. The summed E-state index contributed by atoms with van der Waals surface area (Å²) < 4.78 is 0. The molecule has 0 fully saturated rings. The van der Waals surface area contributed by atoms with Crippen molar-refractivity contribution in [3.8, 4) is 12.3 Å². The Morgan fingerprint density at radius 1 is 1.00 bits per heavy atom. The van der Waals surface area contributed by atoms with E-state index < -0.39 is 0 Å². The maximum Gasteiger partial charge on any atom is 0.232 e. The lowest BCUT2D eigenvalue weighted by Gasteiger charge is -2.17. The summed E-state index contributed by atoms with van der Waals surface area (Å²) in [5, 5.41) is 2.75. The van der Waals surface area contributed by atoms with Gasteiger partial charge >= 0.3 is 0 Å². The van der Waals surface area contributed by atoms with Crippen molar-refractivity contribution >= 4 is 5.91 Å². The van der Waals surface area contributed by atoms with Crippen LogP contribution in [-0.4, -0.2) is 12.5 Å². The van der Waals surface area contributed by atoms with E-state index in [1.54, 1.807) is 0 Å². The lowest BCUT2D eigenvalue weighted by atomic mass is 9.90. The van der Waals surface area contributed by atoms with Crippen molar-refractivity contribution in [2.45, 2.75) is 5.92 Å². The molecule has 2 aromatic rings. The Hall–Kier alpha value is -2.53. The monoisotopic (exact) mass is 249 g/mol. The highest BCUT2D eigenvalue weighted by Gasteiger charge is 2.21. The van der Waals surface area contributed by atoms with Crippen molar-refractivity contribution in [3.05, 3.63) is 71.8 Å². The van der Waals surface area contributed by atoms with Crippen molar-refractivity contribution in [1.29, 1.82) is 0 Å². The second-order valence-electron chi connectivity index (χ2n) is 4.18. The van der Waals surface area contributed by atoms with Crippen LogP contribution in [0.1, 0.15) is 17.0 Å². The van der Waals surface area contributed by atoms with Gasteiger partial charge in [-0.3, -0.25) is 4.79 Å².